The van der Waals surface area contributed by atoms with Crippen LogP contribution in [0.25, 0.3) is 0 Å². The van der Waals surface area contributed by atoms with Gasteiger partial charge in [0.1, 0.15) is 0 Å². The molecule has 0 aromatic carbocycles. The SMILES string of the molecule is C[C@@H]1CC[C@H](C)C(C[C@H]2C[C@](C)(C#N)C2)C1. The van der Waals surface area contributed by atoms with Crippen molar-refractivity contribution in [3.8, 4) is 6.07 Å². The Morgan fingerprint density at radius 3 is 2.56 bits per heavy atom. The molecule has 1 unspecified atom stereocenters. The molecule has 2 fully saturated rings. The Morgan fingerprint density at radius 2 is 1.94 bits per heavy atom. The van der Waals surface area contributed by atoms with Gasteiger partial charge < -0.3 is 0 Å². The largest absolute Gasteiger partial charge is 0.198 e. The molecule has 2 rings (SSSR count). The van der Waals surface area contributed by atoms with Gasteiger partial charge in [0.15, 0.2) is 0 Å². The fourth-order valence-corrected chi connectivity index (χ4v) is 3.88. The molecule has 0 amide bonds. The molecule has 0 aromatic rings. The maximum absolute atomic E-state index is 9.01. The monoisotopic (exact) mass is 219 g/mol. The quantitative estimate of drug-likeness (QED) is 0.675. The highest BCUT2D eigenvalue weighted by Gasteiger charge is 2.42. The summed E-state index contributed by atoms with van der Waals surface area (Å²) in [5, 5.41) is 9.01. The zero-order chi connectivity index (χ0) is 11.8. The van der Waals surface area contributed by atoms with E-state index in [0.717, 1.165) is 36.5 Å². The average molecular weight is 219 g/mol. The molecule has 0 saturated heterocycles. The fraction of sp³-hybridized carbons (Fsp3) is 0.933. The topological polar surface area (TPSA) is 23.8 Å². The van der Waals surface area contributed by atoms with Crippen LogP contribution in [-0.2, 0) is 0 Å². The van der Waals surface area contributed by atoms with Crippen LogP contribution in [0, 0.1) is 40.4 Å². The van der Waals surface area contributed by atoms with Crippen molar-refractivity contribution < 1.29 is 0 Å². The Morgan fingerprint density at radius 1 is 1.25 bits per heavy atom. The number of rotatable bonds is 2. The lowest BCUT2D eigenvalue weighted by Crippen LogP contribution is -2.36. The molecule has 2 aliphatic carbocycles. The van der Waals surface area contributed by atoms with E-state index in [1.165, 1.54) is 25.7 Å². The van der Waals surface area contributed by atoms with Crippen LogP contribution in [-0.4, -0.2) is 0 Å². The smallest absolute Gasteiger partial charge is 0.0687 e. The molecule has 2 saturated carbocycles. The molecule has 0 aromatic heterocycles. The summed E-state index contributed by atoms with van der Waals surface area (Å²) in [7, 11) is 0. The van der Waals surface area contributed by atoms with Gasteiger partial charge in [-0.05, 0) is 56.3 Å². The summed E-state index contributed by atoms with van der Waals surface area (Å²) < 4.78 is 0. The van der Waals surface area contributed by atoms with Gasteiger partial charge in [-0.25, -0.2) is 0 Å². The second kappa shape index (κ2) is 4.40. The maximum Gasteiger partial charge on any atom is 0.0687 e. The molecular formula is C15H25N. The zero-order valence-corrected chi connectivity index (χ0v) is 11.0. The van der Waals surface area contributed by atoms with Gasteiger partial charge in [0.2, 0.25) is 0 Å². The second-order valence-corrected chi connectivity index (χ2v) is 6.84. The highest BCUT2D eigenvalue weighted by atomic mass is 14.5. The third kappa shape index (κ3) is 2.42. The van der Waals surface area contributed by atoms with Gasteiger partial charge in [0.25, 0.3) is 0 Å². The Hall–Kier alpha value is -0.510. The van der Waals surface area contributed by atoms with E-state index in [0.29, 0.717) is 0 Å². The molecule has 0 aliphatic heterocycles. The van der Waals surface area contributed by atoms with Crippen LogP contribution in [0.15, 0.2) is 0 Å². The van der Waals surface area contributed by atoms with Gasteiger partial charge in [-0.15, -0.1) is 0 Å². The Kier molecular flexibility index (Phi) is 3.29. The lowest BCUT2D eigenvalue weighted by Gasteiger charge is -2.44. The van der Waals surface area contributed by atoms with Gasteiger partial charge in [0, 0.05) is 0 Å². The second-order valence-electron chi connectivity index (χ2n) is 6.84. The Balaban J connectivity index is 1.80. The standard InChI is InChI=1S/C15H25N/c1-11-4-5-12(2)14(6-11)7-13-8-15(3,9-13)10-16/h11-14H,4-9H2,1-3H3/t11-,12+,13-,14?,15-/m1/s1. The first kappa shape index (κ1) is 12.0. The van der Waals surface area contributed by atoms with Crippen LogP contribution >= 0.6 is 0 Å². The molecule has 2 aliphatic rings. The van der Waals surface area contributed by atoms with E-state index in [-0.39, 0.29) is 5.41 Å². The first-order valence-corrected chi connectivity index (χ1v) is 6.93. The summed E-state index contributed by atoms with van der Waals surface area (Å²) >= 11 is 0. The first-order chi connectivity index (χ1) is 7.52. The molecule has 16 heavy (non-hydrogen) atoms. The van der Waals surface area contributed by atoms with Crippen LogP contribution in [0.1, 0.15) is 59.3 Å². The summed E-state index contributed by atoms with van der Waals surface area (Å²) in [5.74, 6) is 3.65. The van der Waals surface area contributed by atoms with Crippen molar-refractivity contribution in [1.82, 2.24) is 0 Å². The molecule has 1 nitrogen and oxygen atoms in total. The van der Waals surface area contributed by atoms with Gasteiger partial charge in [-0.2, -0.15) is 5.26 Å². The third-order valence-corrected chi connectivity index (χ3v) is 5.01. The van der Waals surface area contributed by atoms with E-state index in [2.05, 4.69) is 26.8 Å². The van der Waals surface area contributed by atoms with Crippen molar-refractivity contribution in [2.45, 2.75) is 59.3 Å². The van der Waals surface area contributed by atoms with Gasteiger partial charge in [-0.1, -0.05) is 26.7 Å². The normalized spacial score (nSPS) is 48.1. The summed E-state index contributed by atoms with van der Waals surface area (Å²) in [4.78, 5) is 0. The fourth-order valence-electron chi connectivity index (χ4n) is 3.88. The molecule has 0 radical (unpaired) electrons. The summed E-state index contributed by atoms with van der Waals surface area (Å²) in [6.45, 7) is 6.95. The van der Waals surface area contributed by atoms with Crippen LogP contribution in [0.2, 0.25) is 0 Å². The lowest BCUT2D eigenvalue weighted by atomic mass is 9.59. The molecule has 0 spiro atoms. The summed E-state index contributed by atoms with van der Waals surface area (Å²) in [5.41, 5.74) is 0.0220. The van der Waals surface area contributed by atoms with Crippen molar-refractivity contribution in [3.05, 3.63) is 0 Å². The molecule has 0 N–H and O–H groups in total. The number of nitriles is 1. The van der Waals surface area contributed by atoms with Crippen LogP contribution in [0.5, 0.6) is 0 Å². The number of hydrogen-bond acceptors (Lipinski definition) is 1. The maximum atomic E-state index is 9.01. The van der Waals surface area contributed by atoms with Crippen molar-refractivity contribution in [1.29, 1.82) is 5.26 Å². The van der Waals surface area contributed by atoms with Gasteiger partial charge >= 0.3 is 0 Å². The van der Waals surface area contributed by atoms with Crippen molar-refractivity contribution in [2.24, 2.45) is 29.1 Å². The minimum Gasteiger partial charge on any atom is -0.198 e. The molecule has 1 heteroatoms. The van der Waals surface area contributed by atoms with E-state index in [1.54, 1.807) is 0 Å². The molecule has 0 bridgehead atoms. The van der Waals surface area contributed by atoms with Gasteiger partial charge in [0.05, 0.1) is 11.5 Å². The molecule has 90 valence electrons. The minimum absolute atomic E-state index is 0.0220. The van der Waals surface area contributed by atoms with Crippen LogP contribution in [0.4, 0.5) is 0 Å². The summed E-state index contributed by atoms with van der Waals surface area (Å²) in [6, 6.07) is 2.47. The van der Waals surface area contributed by atoms with Gasteiger partial charge in [-0.3, -0.25) is 0 Å². The zero-order valence-electron chi connectivity index (χ0n) is 11.0. The van der Waals surface area contributed by atoms with E-state index >= 15 is 0 Å². The van der Waals surface area contributed by atoms with E-state index in [4.69, 9.17) is 5.26 Å². The molecule has 3 atom stereocenters. The molecular weight excluding hydrogens is 194 g/mol. The number of nitrogens with zero attached hydrogens (tertiary/aromatic N) is 1. The van der Waals surface area contributed by atoms with Crippen molar-refractivity contribution in [2.75, 3.05) is 0 Å². The Labute approximate surface area is 100 Å². The van der Waals surface area contributed by atoms with Crippen molar-refractivity contribution >= 4 is 0 Å². The highest BCUT2D eigenvalue weighted by molar-refractivity contribution is 5.05. The first-order valence-electron chi connectivity index (χ1n) is 6.93. The lowest BCUT2D eigenvalue weighted by molar-refractivity contribution is 0.0777. The predicted octanol–water partition coefficient (Wildman–Crippen LogP) is 4.39. The van der Waals surface area contributed by atoms with Crippen LogP contribution in [0.3, 0.4) is 0 Å². The average Bonchev–Trinajstić information content (AvgIpc) is 2.21. The van der Waals surface area contributed by atoms with Crippen molar-refractivity contribution in [3.63, 3.8) is 0 Å². The minimum atomic E-state index is 0.0220. The van der Waals surface area contributed by atoms with E-state index < -0.39 is 0 Å². The van der Waals surface area contributed by atoms with Crippen LogP contribution < -0.4 is 0 Å². The third-order valence-electron chi connectivity index (χ3n) is 5.01. The predicted molar refractivity (Wildman–Crippen MR) is 66.7 cm³/mol. The summed E-state index contributed by atoms with van der Waals surface area (Å²) in [6.07, 6.45) is 7.98. The van der Waals surface area contributed by atoms with E-state index in [1.807, 2.05) is 0 Å². The highest BCUT2D eigenvalue weighted by Crippen LogP contribution is 2.49. The number of hydrogen-bond donors (Lipinski definition) is 0. The molecule has 0 heterocycles. The Bertz CT molecular complexity index is 282. The van der Waals surface area contributed by atoms with E-state index in [9.17, 15) is 0 Å².